The summed E-state index contributed by atoms with van der Waals surface area (Å²) in [6.45, 7) is 18.3. The van der Waals surface area contributed by atoms with Crippen LogP contribution < -0.4 is 0 Å². The molecule has 0 saturated heterocycles. The molecule has 0 amide bonds. The van der Waals surface area contributed by atoms with E-state index >= 15 is 0 Å². The molecule has 0 aromatic carbocycles. The van der Waals surface area contributed by atoms with Gasteiger partial charge in [-0.3, -0.25) is 0 Å². The molecule has 2 atom stereocenters. The number of hydrogen-bond donors (Lipinski definition) is 0. The van der Waals surface area contributed by atoms with Crippen molar-refractivity contribution in [2.24, 2.45) is 0 Å². The molecule has 4 nitrogen and oxygen atoms in total. The molecule has 0 N–H and O–H groups in total. The molecular weight excluding hydrogens is 281 g/mol. The van der Waals surface area contributed by atoms with E-state index < -0.39 is 8.45 Å². The standard InChI is InChI=1S/C16H34N3OP/c1-9-16(8)19(15(6)7)21(20-12-10-11-17)18(13(2)3)14(4)5/h13-16H,9-10,12H2,1-8H3. The Labute approximate surface area is 133 Å². The first kappa shape index (κ1) is 20.8. The minimum absolute atomic E-state index is 0.420. The van der Waals surface area contributed by atoms with Crippen LogP contribution >= 0.6 is 8.45 Å². The van der Waals surface area contributed by atoms with Gasteiger partial charge in [-0.1, -0.05) is 6.92 Å². The van der Waals surface area contributed by atoms with Gasteiger partial charge in [-0.05, 0) is 54.9 Å². The maximum absolute atomic E-state index is 8.79. The third-order valence-electron chi connectivity index (χ3n) is 3.45. The molecule has 0 fully saturated rings. The maximum atomic E-state index is 8.79. The van der Waals surface area contributed by atoms with Gasteiger partial charge in [-0.15, -0.1) is 0 Å². The summed E-state index contributed by atoms with van der Waals surface area (Å²) in [6.07, 6.45) is 1.55. The Kier molecular flexibility index (Phi) is 10.4. The molecule has 5 heteroatoms. The molecule has 0 aromatic rings. The quantitative estimate of drug-likeness (QED) is 0.430. The highest BCUT2D eigenvalue weighted by molar-refractivity contribution is 7.47. The topological polar surface area (TPSA) is 39.5 Å². The molecule has 0 aliphatic heterocycles. The Balaban J connectivity index is 5.37. The summed E-state index contributed by atoms with van der Waals surface area (Å²) in [6, 6.07) is 3.91. The molecule has 21 heavy (non-hydrogen) atoms. The van der Waals surface area contributed by atoms with Crippen LogP contribution in [0.5, 0.6) is 0 Å². The molecule has 2 unspecified atom stereocenters. The van der Waals surface area contributed by atoms with E-state index in [1.54, 1.807) is 0 Å². The van der Waals surface area contributed by atoms with Gasteiger partial charge in [0, 0.05) is 24.2 Å². The van der Waals surface area contributed by atoms with E-state index in [4.69, 9.17) is 9.79 Å². The van der Waals surface area contributed by atoms with Crippen LogP contribution in [0.15, 0.2) is 0 Å². The summed E-state index contributed by atoms with van der Waals surface area (Å²) in [5.41, 5.74) is 0. The van der Waals surface area contributed by atoms with Crippen LogP contribution in [0.25, 0.3) is 0 Å². The fourth-order valence-corrected chi connectivity index (χ4v) is 4.92. The van der Waals surface area contributed by atoms with Gasteiger partial charge in [0.15, 0.2) is 8.45 Å². The largest absolute Gasteiger partial charge is 0.330 e. The van der Waals surface area contributed by atoms with Crippen LogP contribution in [0.3, 0.4) is 0 Å². The summed E-state index contributed by atoms with van der Waals surface area (Å²) in [5.74, 6) is 0. The number of rotatable bonds is 10. The Bertz CT molecular complexity index is 307. The lowest BCUT2D eigenvalue weighted by atomic mass is 10.2. The van der Waals surface area contributed by atoms with Gasteiger partial charge in [-0.25, -0.2) is 9.34 Å². The lowest BCUT2D eigenvalue weighted by molar-refractivity contribution is 0.182. The first-order chi connectivity index (χ1) is 9.77. The van der Waals surface area contributed by atoms with Crippen molar-refractivity contribution in [3.63, 3.8) is 0 Å². The van der Waals surface area contributed by atoms with Gasteiger partial charge in [0.1, 0.15) is 0 Å². The number of nitrogens with zero attached hydrogens (tertiary/aromatic N) is 3. The summed E-state index contributed by atoms with van der Waals surface area (Å²) in [4.78, 5) is 0. The fourth-order valence-electron chi connectivity index (χ4n) is 2.48. The van der Waals surface area contributed by atoms with Crippen LogP contribution in [0.4, 0.5) is 0 Å². The van der Waals surface area contributed by atoms with Crippen LogP contribution in [0.1, 0.15) is 68.2 Å². The zero-order valence-electron chi connectivity index (χ0n) is 15.1. The molecule has 0 aromatic heterocycles. The highest BCUT2D eigenvalue weighted by Crippen LogP contribution is 2.51. The molecule has 124 valence electrons. The van der Waals surface area contributed by atoms with Crippen LogP contribution in [-0.4, -0.2) is 40.1 Å². The third-order valence-corrected chi connectivity index (χ3v) is 6.43. The average molecular weight is 315 g/mol. The van der Waals surface area contributed by atoms with Crippen molar-refractivity contribution >= 4 is 8.45 Å². The van der Waals surface area contributed by atoms with Crippen LogP contribution in [-0.2, 0) is 4.52 Å². The van der Waals surface area contributed by atoms with E-state index in [1.807, 2.05) is 0 Å². The van der Waals surface area contributed by atoms with Crippen molar-refractivity contribution in [1.29, 1.82) is 5.26 Å². The Hall–Kier alpha value is -0.200. The van der Waals surface area contributed by atoms with E-state index in [0.717, 1.165) is 6.42 Å². The van der Waals surface area contributed by atoms with E-state index in [-0.39, 0.29) is 0 Å². The molecule has 0 aliphatic carbocycles. The zero-order valence-corrected chi connectivity index (χ0v) is 16.0. The van der Waals surface area contributed by atoms with Crippen molar-refractivity contribution in [2.75, 3.05) is 6.61 Å². The van der Waals surface area contributed by atoms with Gasteiger partial charge in [0.05, 0.1) is 19.1 Å². The molecular formula is C16H34N3OP. The van der Waals surface area contributed by atoms with E-state index in [9.17, 15) is 0 Å². The van der Waals surface area contributed by atoms with E-state index in [1.165, 1.54) is 0 Å². The predicted octanol–water partition coefficient (Wildman–Crippen LogP) is 4.77. The molecule has 0 spiro atoms. The Morgan fingerprint density at radius 2 is 1.43 bits per heavy atom. The smallest absolute Gasteiger partial charge is 0.188 e. The Morgan fingerprint density at radius 3 is 1.76 bits per heavy atom. The van der Waals surface area contributed by atoms with Crippen molar-refractivity contribution in [3.8, 4) is 6.07 Å². The minimum atomic E-state index is -0.847. The van der Waals surface area contributed by atoms with E-state index in [2.05, 4.69) is 70.8 Å². The molecule has 0 heterocycles. The van der Waals surface area contributed by atoms with Crippen molar-refractivity contribution in [1.82, 2.24) is 9.34 Å². The number of hydrogen-bond acceptors (Lipinski definition) is 4. The van der Waals surface area contributed by atoms with Gasteiger partial charge in [-0.2, -0.15) is 5.26 Å². The third kappa shape index (κ3) is 6.61. The fraction of sp³-hybridized carbons (Fsp3) is 0.938. The van der Waals surface area contributed by atoms with Crippen molar-refractivity contribution in [2.45, 2.75) is 92.4 Å². The normalized spacial score (nSPS) is 15.2. The SMILES string of the molecule is CCC(C)N(C(C)C)P(OCCC#N)N(C(C)C)C(C)C. The molecule has 0 saturated carbocycles. The highest BCUT2D eigenvalue weighted by atomic mass is 31.2. The van der Waals surface area contributed by atoms with Gasteiger partial charge in [0.25, 0.3) is 0 Å². The second-order valence-corrected chi connectivity index (χ2v) is 7.98. The van der Waals surface area contributed by atoms with Crippen LogP contribution in [0, 0.1) is 11.3 Å². The minimum Gasteiger partial charge on any atom is -0.330 e. The highest BCUT2D eigenvalue weighted by Gasteiger charge is 2.34. The lowest BCUT2D eigenvalue weighted by Gasteiger charge is -2.46. The van der Waals surface area contributed by atoms with Gasteiger partial charge < -0.3 is 4.52 Å². The first-order valence-electron chi connectivity index (χ1n) is 8.14. The van der Waals surface area contributed by atoms with Crippen molar-refractivity contribution in [3.05, 3.63) is 0 Å². The predicted molar refractivity (Wildman–Crippen MR) is 91.9 cm³/mol. The Morgan fingerprint density at radius 1 is 0.952 bits per heavy atom. The monoisotopic (exact) mass is 315 g/mol. The van der Waals surface area contributed by atoms with Crippen LogP contribution in [0.2, 0.25) is 0 Å². The molecule has 0 bridgehead atoms. The molecule has 0 radical (unpaired) electrons. The molecule has 0 rings (SSSR count). The molecule has 0 aliphatic rings. The summed E-state index contributed by atoms with van der Waals surface area (Å²) >= 11 is 0. The van der Waals surface area contributed by atoms with Gasteiger partial charge in [0.2, 0.25) is 0 Å². The maximum Gasteiger partial charge on any atom is 0.188 e. The second kappa shape index (κ2) is 10.5. The van der Waals surface area contributed by atoms with E-state index in [0.29, 0.717) is 37.2 Å². The van der Waals surface area contributed by atoms with Crippen molar-refractivity contribution < 1.29 is 4.52 Å². The lowest BCUT2D eigenvalue weighted by Crippen LogP contribution is -2.44. The zero-order chi connectivity index (χ0) is 16.6. The van der Waals surface area contributed by atoms with Gasteiger partial charge >= 0.3 is 0 Å². The summed E-state index contributed by atoms with van der Waals surface area (Å²) in [7, 11) is -0.847. The number of nitriles is 1. The second-order valence-electron chi connectivity index (χ2n) is 6.29. The first-order valence-corrected chi connectivity index (χ1v) is 9.30. The average Bonchev–Trinajstić information content (AvgIpc) is 2.37. The summed E-state index contributed by atoms with van der Waals surface area (Å²) < 4.78 is 11.2. The summed E-state index contributed by atoms with van der Waals surface area (Å²) in [5, 5.41) is 8.79.